The molecule has 2 heterocycles. The van der Waals surface area contributed by atoms with E-state index in [4.69, 9.17) is 9.47 Å². The number of urea groups is 1. The highest BCUT2D eigenvalue weighted by molar-refractivity contribution is 5.76. The van der Waals surface area contributed by atoms with Gasteiger partial charge in [0.1, 0.15) is 5.75 Å². The van der Waals surface area contributed by atoms with Gasteiger partial charge >= 0.3 is 6.03 Å². The monoisotopic (exact) mass is 370 g/mol. The van der Waals surface area contributed by atoms with Gasteiger partial charge in [0.05, 0.1) is 19.3 Å². The molecule has 1 aromatic rings. The van der Waals surface area contributed by atoms with Crippen molar-refractivity contribution in [2.45, 2.75) is 50.6 Å². The van der Waals surface area contributed by atoms with E-state index < -0.39 is 0 Å². The van der Waals surface area contributed by atoms with E-state index in [1.807, 2.05) is 12.1 Å². The zero-order valence-electron chi connectivity index (χ0n) is 15.9. The Hall–Kier alpha value is -1.75. The molecule has 5 heteroatoms. The van der Waals surface area contributed by atoms with Crippen molar-refractivity contribution in [2.24, 2.45) is 17.8 Å². The smallest absolute Gasteiger partial charge is 0.318 e. The molecule has 1 aromatic carbocycles. The van der Waals surface area contributed by atoms with Gasteiger partial charge in [0.25, 0.3) is 0 Å². The number of likely N-dealkylation sites (tertiary alicyclic amines) is 1. The molecule has 2 aliphatic heterocycles. The first-order valence-corrected chi connectivity index (χ1v) is 10.7. The molecule has 2 amide bonds. The minimum atomic E-state index is 0.0956. The van der Waals surface area contributed by atoms with Gasteiger partial charge in [-0.2, -0.15) is 0 Å². The van der Waals surface area contributed by atoms with E-state index in [-0.39, 0.29) is 12.1 Å². The zero-order valence-corrected chi connectivity index (χ0v) is 15.9. The highest BCUT2D eigenvalue weighted by atomic mass is 16.5. The number of para-hydroxylation sites is 1. The minimum Gasteiger partial charge on any atom is -0.493 e. The Balaban J connectivity index is 1.34. The van der Waals surface area contributed by atoms with Crippen molar-refractivity contribution in [3.63, 3.8) is 0 Å². The van der Waals surface area contributed by atoms with E-state index >= 15 is 0 Å². The number of fused-ring (bicyclic) bond motifs is 3. The highest BCUT2D eigenvalue weighted by Gasteiger charge is 2.48. The van der Waals surface area contributed by atoms with Crippen LogP contribution in [0.3, 0.4) is 0 Å². The van der Waals surface area contributed by atoms with Crippen molar-refractivity contribution in [2.75, 3.05) is 26.4 Å². The van der Waals surface area contributed by atoms with Crippen LogP contribution in [-0.4, -0.2) is 43.3 Å². The number of ether oxygens (including phenoxy) is 2. The van der Waals surface area contributed by atoms with Crippen LogP contribution in [-0.2, 0) is 4.74 Å². The second kappa shape index (κ2) is 7.34. The SMILES string of the molecule is O=C(NC1CCCC1)N1C[C@@H](COCC2CC2)[C@@H]2COc3ccccc3[C@@H]21. The van der Waals surface area contributed by atoms with E-state index in [2.05, 4.69) is 22.3 Å². The predicted octanol–water partition coefficient (Wildman–Crippen LogP) is 3.75. The molecule has 0 unspecified atom stereocenters. The first-order chi connectivity index (χ1) is 13.3. The second-order valence-corrected chi connectivity index (χ2v) is 8.78. The van der Waals surface area contributed by atoms with Crippen molar-refractivity contribution in [1.29, 1.82) is 0 Å². The molecule has 2 saturated carbocycles. The maximum absolute atomic E-state index is 13.1. The molecule has 0 radical (unpaired) electrons. The largest absolute Gasteiger partial charge is 0.493 e. The molecular weight excluding hydrogens is 340 g/mol. The van der Waals surface area contributed by atoms with Crippen LogP contribution in [0.25, 0.3) is 0 Å². The van der Waals surface area contributed by atoms with E-state index in [1.54, 1.807) is 0 Å². The molecule has 2 aliphatic carbocycles. The summed E-state index contributed by atoms with van der Waals surface area (Å²) in [5, 5.41) is 3.29. The summed E-state index contributed by atoms with van der Waals surface area (Å²) in [5.74, 6) is 2.36. The third-order valence-electron chi connectivity index (χ3n) is 6.77. The topological polar surface area (TPSA) is 50.8 Å². The number of hydrogen-bond donors (Lipinski definition) is 1. The van der Waals surface area contributed by atoms with Crippen LogP contribution in [0, 0.1) is 17.8 Å². The maximum atomic E-state index is 13.1. The van der Waals surface area contributed by atoms with Crippen LogP contribution in [0.1, 0.15) is 50.1 Å². The van der Waals surface area contributed by atoms with Crippen molar-refractivity contribution in [1.82, 2.24) is 10.2 Å². The van der Waals surface area contributed by atoms with Crippen LogP contribution < -0.4 is 10.1 Å². The lowest BCUT2D eigenvalue weighted by molar-refractivity contribution is 0.0643. The van der Waals surface area contributed by atoms with Gasteiger partial charge in [0.2, 0.25) is 0 Å². The molecule has 146 valence electrons. The third kappa shape index (κ3) is 3.54. The lowest BCUT2D eigenvalue weighted by atomic mass is 9.86. The van der Waals surface area contributed by atoms with Gasteiger partial charge in [-0.3, -0.25) is 0 Å². The number of rotatable bonds is 5. The summed E-state index contributed by atoms with van der Waals surface area (Å²) in [5.41, 5.74) is 1.15. The number of carbonyl (C=O) groups excluding carboxylic acids is 1. The molecule has 0 bridgehead atoms. The van der Waals surface area contributed by atoms with Crippen molar-refractivity contribution >= 4 is 6.03 Å². The molecule has 5 nitrogen and oxygen atoms in total. The van der Waals surface area contributed by atoms with Gasteiger partial charge in [0, 0.05) is 36.6 Å². The lowest BCUT2D eigenvalue weighted by Gasteiger charge is -2.34. The first-order valence-electron chi connectivity index (χ1n) is 10.7. The number of benzene rings is 1. The highest BCUT2D eigenvalue weighted by Crippen LogP contribution is 2.47. The average Bonchev–Trinajstić information content (AvgIpc) is 3.22. The van der Waals surface area contributed by atoms with Crippen LogP contribution in [0.4, 0.5) is 4.79 Å². The first kappa shape index (κ1) is 17.4. The summed E-state index contributed by atoms with van der Waals surface area (Å²) < 4.78 is 12.1. The molecule has 0 aromatic heterocycles. The Morgan fingerprint density at radius 2 is 1.96 bits per heavy atom. The normalized spacial score (nSPS) is 29.9. The molecule has 3 atom stereocenters. The number of hydrogen-bond acceptors (Lipinski definition) is 3. The number of carbonyl (C=O) groups is 1. The summed E-state index contributed by atoms with van der Waals surface area (Å²) in [7, 11) is 0. The Kier molecular flexibility index (Phi) is 4.72. The van der Waals surface area contributed by atoms with Crippen LogP contribution in [0.5, 0.6) is 5.75 Å². The van der Waals surface area contributed by atoms with E-state index in [0.29, 0.717) is 24.5 Å². The van der Waals surface area contributed by atoms with Gasteiger partial charge in [0.15, 0.2) is 0 Å². The third-order valence-corrected chi connectivity index (χ3v) is 6.77. The predicted molar refractivity (Wildman–Crippen MR) is 103 cm³/mol. The fraction of sp³-hybridized carbons (Fsp3) is 0.682. The van der Waals surface area contributed by atoms with E-state index in [9.17, 15) is 4.79 Å². The lowest BCUT2D eigenvalue weighted by Crippen LogP contribution is -2.45. The summed E-state index contributed by atoms with van der Waals surface area (Å²) in [6.07, 6.45) is 7.30. The van der Waals surface area contributed by atoms with Crippen molar-refractivity contribution in [3.8, 4) is 5.75 Å². The van der Waals surface area contributed by atoms with Crippen molar-refractivity contribution < 1.29 is 14.3 Å². The molecule has 1 saturated heterocycles. The van der Waals surface area contributed by atoms with Crippen LogP contribution >= 0.6 is 0 Å². The standard InChI is InChI=1S/C22H30N2O3/c25-22(23-17-5-1-2-6-17)24-11-16(13-26-12-15-9-10-15)19-14-27-20-8-4-3-7-18(20)21(19)24/h3-4,7-8,15-17,19,21H,1-2,5-6,9-14H2,(H,23,25)/t16-,19-,21-/m0/s1. The van der Waals surface area contributed by atoms with Gasteiger partial charge in [-0.1, -0.05) is 31.0 Å². The Bertz CT molecular complexity index is 684. The van der Waals surface area contributed by atoms with Gasteiger partial charge in [-0.25, -0.2) is 4.79 Å². The quantitative estimate of drug-likeness (QED) is 0.859. The number of amides is 2. The fourth-order valence-corrected chi connectivity index (χ4v) is 5.04. The summed E-state index contributed by atoms with van der Waals surface area (Å²) in [6, 6.07) is 8.74. The van der Waals surface area contributed by atoms with E-state index in [0.717, 1.165) is 49.8 Å². The maximum Gasteiger partial charge on any atom is 0.318 e. The minimum absolute atomic E-state index is 0.0956. The van der Waals surface area contributed by atoms with Gasteiger partial charge in [-0.05, 0) is 37.7 Å². The Labute approximate surface area is 161 Å². The van der Waals surface area contributed by atoms with Crippen LogP contribution in [0.15, 0.2) is 24.3 Å². The van der Waals surface area contributed by atoms with Crippen molar-refractivity contribution in [3.05, 3.63) is 29.8 Å². The van der Waals surface area contributed by atoms with E-state index in [1.165, 1.54) is 25.7 Å². The second-order valence-electron chi connectivity index (χ2n) is 8.78. The van der Waals surface area contributed by atoms with Gasteiger partial charge in [-0.15, -0.1) is 0 Å². The molecular formula is C22H30N2O3. The summed E-state index contributed by atoms with van der Waals surface area (Å²) >= 11 is 0. The molecule has 27 heavy (non-hydrogen) atoms. The molecule has 4 aliphatic rings. The number of nitrogens with one attached hydrogen (secondary N) is 1. The zero-order chi connectivity index (χ0) is 18.2. The molecule has 3 fully saturated rings. The molecule has 0 spiro atoms. The number of nitrogens with zero attached hydrogens (tertiary/aromatic N) is 1. The Morgan fingerprint density at radius 3 is 2.78 bits per heavy atom. The molecule has 1 N–H and O–H groups in total. The van der Waals surface area contributed by atoms with Gasteiger partial charge < -0.3 is 19.7 Å². The average molecular weight is 370 g/mol. The fourth-order valence-electron chi connectivity index (χ4n) is 5.04. The molecule has 5 rings (SSSR count). The summed E-state index contributed by atoms with van der Waals surface area (Å²) in [6.45, 7) is 3.04. The van der Waals surface area contributed by atoms with Crippen LogP contribution in [0.2, 0.25) is 0 Å². The Morgan fingerprint density at radius 1 is 1.15 bits per heavy atom. The summed E-state index contributed by atoms with van der Waals surface area (Å²) in [4.78, 5) is 15.2.